The van der Waals surface area contributed by atoms with Crippen molar-refractivity contribution in [3.63, 3.8) is 0 Å². The van der Waals surface area contributed by atoms with E-state index in [9.17, 15) is 0 Å². The summed E-state index contributed by atoms with van der Waals surface area (Å²) in [5.41, 5.74) is 7.80. The molecule has 0 aliphatic rings. The van der Waals surface area contributed by atoms with Crippen LogP contribution in [0.4, 0.5) is 5.69 Å². The van der Waals surface area contributed by atoms with Crippen molar-refractivity contribution in [1.29, 1.82) is 5.26 Å². The van der Waals surface area contributed by atoms with Crippen LogP contribution >= 0.6 is 0 Å². The second kappa shape index (κ2) is 3.84. The third-order valence-electron chi connectivity index (χ3n) is 2.12. The van der Waals surface area contributed by atoms with Crippen LogP contribution < -0.4 is 5.73 Å². The fourth-order valence-electron chi connectivity index (χ4n) is 1.41. The number of rotatable bonds is 2. The summed E-state index contributed by atoms with van der Waals surface area (Å²) < 4.78 is 1.71. The summed E-state index contributed by atoms with van der Waals surface area (Å²) in [5, 5.41) is 13.0. The minimum absolute atomic E-state index is 0.570. The van der Waals surface area contributed by atoms with Crippen molar-refractivity contribution in [2.24, 2.45) is 0 Å². The molecule has 0 bridgehead atoms. The van der Waals surface area contributed by atoms with Gasteiger partial charge in [-0.2, -0.15) is 10.4 Å². The predicted molar refractivity (Wildman–Crippen MR) is 56.9 cm³/mol. The molecule has 2 N–H and O–H groups in total. The zero-order valence-electron chi connectivity index (χ0n) is 8.09. The van der Waals surface area contributed by atoms with E-state index in [0.29, 0.717) is 17.8 Å². The minimum atomic E-state index is 0.570. The van der Waals surface area contributed by atoms with Crippen LogP contribution in [0.25, 0.3) is 0 Å². The average Bonchev–Trinajstić information content (AvgIpc) is 2.65. The van der Waals surface area contributed by atoms with Gasteiger partial charge < -0.3 is 5.73 Å². The van der Waals surface area contributed by atoms with Crippen molar-refractivity contribution >= 4 is 5.69 Å². The summed E-state index contributed by atoms with van der Waals surface area (Å²) in [6.07, 6.45) is 3.34. The molecule has 4 heteroatoms. The Morgan fingerprint density at radius 3 is 2.87 bits per heavy atom. The maximum Gasteiger partial charge on any atom is 0.0995 e. The van der Waals surface area contributed by atoms with E-state index >= 15 is 0 Å². The quantitative estimate of drug-likeness (QED) is 0.792. The molecule has 0 amide bonds. The minimum Gasteiger partial charge on any atom is -0.396 e. The molecule has 4 nitrogen and oxygen atoms in total. The van der Waals surface area contributed by atoms with Gasteiger partial charge in [0.2, 0.25) is 0 Å². The number of hydrogen-bond acceptors (Lipinski definition) is 3. The largest absolute Gasteiger partial charge is 0.396 e. The lowest BCUT2D eigenvalue weighted by Gasteiger charge is -2.03. The summed E-state index contributed by atoms with van der Waals surface area (Å²) in [4.78, 5) is 0. The molecule has 2 aromatic rings. The summed E-state index contributed by atoms with van der Waals surface area (Å²) in [5.74, 6) is 0. The third kappa shape index (κ3) is 1.97. The molecule has 0 aliphatic carbocycles. The van der Waals surface area contributed by atoms with E-state index in [-0.39, 0.29) is 0 Å². The molecule has 0 aliphatic heterocycles. The van der Waals surface area contributed by atoms with E-state index < -0.39 is 0 Å². The van der Waals surface area contributed by atoms with Gasteiger partial charge in [-0.3, -0.25) is 4.68 Å². The first-order valence-corrected chi connectivity index (χ1v) is 4.55. The molecule has 2 rings (SSSR count). The summed E-state index contributed by atoms with van der Waals surface area (Å²) in [6, 6.07) is 9.61. The number of anilines is 1. The molecule has 0 spiro atoms. The van der Waals surface area contributed by atoms with Gasteiger partial charge in [0.15, 0.2) is 0 Å². The topological polar surface area (TPSA) is 67.6 Å². The predicted octanol–water partition coefficient (Wildman–Crippen LogP) is 1.39. The fourth-order valence-corrected chi connectivity index (χ4v) is 1.41. The normalized spacial score (nSPS) is 9.80. The van der Waals surface area contributed by atoms with Gasteiger partial charge in [0.25, 0.3) is 0 Å². The van der Waals surface area contributed by atoms with Crippen LogP contribution in [0.5, 0.6) is 0 Å². The van der Waals surface area contributed by atoms with Crippen LogP contribution in [-0.4, -0.2) is 9.78 Å². The standard InChI is InChI=1S/C11H10N4/c12-5-9-3-1-2-4-10(9)7-15-8-11(13)6-14-15/h1-4,6,8H,7,13H2. The Bertz CT molecular complexity index is 507. The molecule has 0 saturated heterocycles. The zero-order chi connectivity index (χ0) is 10.7. The van der Waals surface area contributed by atoms with E-state index in [2.05, 4.69) is 11.2 Å². The second-order valence-corrected chi connectivity index (χ2v) is 3.24. The molecular weight excluding hydrogens is 188 g/mol. The first-order chi connectivity index (χ1) is 7.29. The molecule has 1 aromatic carbocycles. The Kier molecular flexibility index (Phi) is 2.38. The van der Waals surface area contributed by atoms with Gasteiger partial charge in [-0.05, 0) is 11.6 Å². The number of nitriles is 1. The van der Waals surface area contributed by atoms with E-state index in [1.165, 1.54) is 0 Å². The zero-order valence-corrected chi connectivity index (χ0v) is 8.09. The SMILES string of the molecule is N#Cc1ccccc1Cn1cc(N)cn1. The van der Waals surface area contributed by atoms with Crippen LogP contribution in [-0.2, 0) is 6.54 Å². The third-order valence-corrected chi connectivity index (χ3v) is 2.12. The molecule has 1 aromatic heterocycles. The Hall–Kier alpha value is -2.28. The van der Waals surface area contributed by atoms with Gasteiger partial charge in [0.1, 0.15) is 0 Å². The van der Waals surface area contributed by atoms with Crippen molar-refractivity contribution in [1.82, 2.24) is 9.78 Å². The van der Waals surface area contributed by atoms with Gasteiger partial charge in [-0.1, -0.05) is 18.2 Å². The van der Waals surface area contributed by atoms with Gasteiger partial charge in [-0.25, -0.2) is 0 Å². The highest BCUT2D eigenvalue weighted by Crippen LogP contribution is 2.09. The van der Waals surface area contributed by atoms with Crippen molar-refractivity contribution in [2.45, 2.75) is 6.54 Å². The molecule has 74 valence electrons. The van der Waals surface area contributed by atoms with Crippen LogP contribution in [0.1, 0.15) is 11.1 Å². The van der Waals surface area contributed by atoms with E-state index in [4.69, 9.17) is 11.0 Å². The average molecular weight is 198 g/mol. The van der Waals surface area contributed by atoms with Crippen LogP contribution in [0.3, 0.4) is 0 Å². The second-order valence-electron chi connectivity index (χ2n) is 3.24. The lowest BCUT2D eigenvalue weighted by molar-refractivity contribution is 0.686. The Balaban J connectivity index is 2.28. The first kappa shape index (κ1) is 9.28. The van der Waals surface area contributed by atoms with Gasteiger partial charge in [-0.15, -0.1) is 0 Å². The first-order valence-electron chi connectivity index (χ1n) is 4.55. The highest BCUT2D eigenvalue weighted by atomic mass is 15.3. The molecule has 15 heavy (non-hydrogen) atoms. The van der Waals surface area contributed by atoms with Gasteiger partial charge >= 0.3 is 0 Å². The Morgan fingerprint density at radius 1 is 1.40 bits per heavy atom. The highest BCUT2D eigenvalue weighted by Gasteiger charge is 2.02. The molecule has 1 heterocycles. The maximum absolute atomic E-state index is 8.90. The molecule has 0 radical (unpaired) electrons. The lowest BCUT2D eigenvalue weighted by Crippen LogP contribution is -2.01. The smallest absolute Gasteiger partial charge is 0.0995 e. The number of benzene rings is 1. The maximum atomic E-state index is 8.90. The molecular formula is C11H10N4. The van der Waals surface area contributed by atoms with E-state index in [1.54, 1.807) is 23.1 Å². The summed E-state index contributed by atoms with van der Waals surface area (Å²) in [6.45, 7) is 0.570. The molecule has 0 saturated carbocycles. The molecule has 0 fully saturated rings. The number of nitrogens with zero attached hydrogens (tertiary/aromatic N) is 3. The fraction of sp³-hybridized carbons (Fsp3) is 0.0909. The molecule has 0 atom stereocenters. The molecule has 0 unspecified atom stereocenters. The van der Waals surface area contributed by atoms with E-state index in [1.807, 2.05) is 18.2 Å². The van der Waals surface area contributed by atoms with Gasteiger partial charge in [0.05, 0.1) is 30.1 Å². The Morgan fingerprint density at radius 2 is 2.20 bits per heavy atom. The van der Waals surface area contributed by atoms with Crippen LogP contribution in [0.15, 0.2) is 36.7 Å². The lowest BCUT2D eigenvalue weighted by atomic mass is 10.1. The number of aromatic nitrogens is 2. The van der Waals surface area contributed by atoms with Crippen molar-refractivity contribution in [3.05, 3.63) is 47.8 Å². The number of hydrogen-bond donors (Lipinski definition) is 1. The van der Waals surface area contributed by atoms with Crippen molar-refractivity contribution in [3.8, 4) is 6.07 Å². The van der Waals surface area contributed by atoms with Crippen LogP contribution in [0, 0.1) is 11.3 Å². The monoisotopic (exact) mass is 198 g/mol. The van der Waals surface area contributed by atoms with Crippen molar-refractivity contribution < 1.29 is 0 Å². The highest BCUT2D eigenvalue weighted by molar-refractivity contribution is 5.38. The van der Waals surface area contributed by atoms with E-state index in [0.717, 1.165) is 5.56 Å². The number of nitrogen functional groups attached to an aromatic ring is 1. The van der Waals surface area contributed by atoms with Gasteiger partial charge in [0, 0.05) is 6.20 Å². The summed E-state index contributed by atoms with van der Waals surface area (Å²) in [7, 11) is 0. The summed E-state index contributed by atoms with van der Waals surface area (Å²) >= 11 is 0. The number of nitrogens with two attached hydrogens (primary N) is 1. The van der Waals surface area contributed by atoms with Crippen molar-refractivity contribution in [2.75, 3.05) is 5.73 Å². The van der Waals surface area contributed by atoms with Crippen LogP contribution in [0.2, 0.25) is 0 Å². The Labute approximate surface area is 87.6 Å².